The van der Waals surface area contributed by atoms with Crippen LogP contribution in [0.4, 0.5) is 11.4 Å². The number of rotatable bonds is 3. The molecule has 0 fully saturated rings. The average Bonchev–Trinajstić information content (AvgIpc) is 2.72. The van der Waals surface area contributed by atoms with E-state index in [1.165, 1.54) is 0 Å². The second-order valence-corrected chi connectivity index (χ2v) is 4.04. The lowest BCUT2D eigenvalue weighted by molar-refractivity contribution is 1.00. The number of hydrogen-bond acceptors (Lipinski definition) is 3. The van der Waals surface area contributed by atoms with Crippen LogP contribution in [0.3, 0.4) is 0 Å². The summed E-state index contributed by atoms with van der Waals surface area (Å²) in [7, 11) is 0. The van der Waals surface area contributed by atoms with Crippen LogP contribution in [-0.4, -0.2) is 9.97 Å². The number of imidazole rings is 1. The van der Waals surface area contributed by atoms with Gasteiger partial charge in [-0.3, -0.25) is 0 Å². The number of H-pyrrole nitrogens is 1. The van der Waals surface area contributed by atoms with Gasteiger partial charge in [0.2, 0.25) is 0 Å². The van der Waals surface area contributed by atoms with Gasteiger partial charge in [0, 0.05) is 16.9 Å². The fourth-order valence-electron chi connectivity index (χ4n) is 1.26. The van der Waals surface area contributed by atoms with Gasteiger partial charge in [0.05, 0.1) is 17.9 Å². The second kappa shape index (κ2) is 4.35. The van der Waals surface area contributed by atoms with Crippen molar-refractivity contribution in [2.75, 3.05) is 11.1 Å². The molecule has 0 aliphatic carbocycles. The number of nitrogens with zero attached hydrogens (tertiary/aromatic N) is 1. The monoisotopic (exact) mass is 266 g/mol. The Morgan fingerprint density at radius 2 is 2.33 bits per heavy atom. The minimum absolute atomic E-state index is 0.633. The van der Waals surface area contributed by atoms with Crippen molar-refractivity contribution in [3.8, 4) is 0 Å². The zero-order valence-corrected chi connectivity index (χ0v) is 9.58. The largest absolute Gasteiger partial charge is 0.397 e. The van der Waals surface area contributed by atoms with Gasteiger partial charge < -0.3 is 16.0 Å². The topological polar surface area (TPSA) is 66.7 Å². The third-order valence-electron chi connectivity index (χ3n) is 2.02. The molecule has 0 bridgehead atoms. The molecule has 1 aromatic heterocycles. The number of anilines is 2. The molecule has 0 saturated carbocycles. The summed E-state index contributed by atoms with van der Waals surface area (Å²) in [5.74, 6) is 0.884. The van der Waals surface area contributed by atoms with Gasteiger partial charge in [-0.1, -0.05) is 15.9 Å². The first-order valence-corrected chi connectivity index (χ1v) is 5.32. The van der Waals surface area contributed by atoms with Crippen molar-refractivity contribution in [1.82, 2.24) is 9.97 Å². The number of halogens is 1. The van der Waals surface area contributed by atoms with Crippen molar-refractivity contribution >= 4 is 27.3 Å². The summed E-state index contributed by atoms with van der Waals surface area (Å²) in [6.45, 7) is 0.633. The van der Waals surface area contributed by atoms with E-state index in [0.29, 0.717) is 6.54 Å². The van der Waals surface area contributed by atoms with E-state index in [9.17, 15) is 0 Å². The Morgan fingerprint density at radius 3 is 3.07 bits per heavy atom. The van der Waals surface area contributed by atoms with Crippen LogP contribution in [0.2, 0.25) is 0 Å². The Labute approximate surface area is 96.0 Å². The molecule has 0 radical (unpaired) electrons. The molecular weight excluding hydrogens is 256 g/mol. The minimum atomic E-state index is 0.633. The number of nitrogens with two attached hydrogens (primary N) is 1. The normalized spacial score (nSPS) is 10.2. The van der Waals surface area contributed by atoms with E-state index in [1.54, 1.807) is 12.4 Å². The maximum absolute atomic E-state index is 5.81. The standard InChI is InChI=1S/C10H11BrN4/c11-7-1-2-8(12)9(5-7)15-6-10-13-3-4-14-10/h1-5,15H,6,12H2,(H,13,14). The van der Waals surface area contributed by atoms with E-state index in [4.69, 9.17) is 5.73 Å². The molecule has 1 aromatic carbocycles. The first-order chi connectivity index (χ1) is 7.25. The highest BCUT2D eigenvalue weighted by Crippen LogP contribution is 2.23. The quantitative estimate of drug-likeness (QED) is 0.748. The van der Waals surface area contributed by atoms with E-state index < -0.39 is 0 Å². The molecule has 5 heteroatoms. The Hall–Kier alpha value is -1.49. The van der Waals surface area contributed by atoms with E-state index >= 15 is 0 Å². The molecular formula is C10H11BrN4. The van der Waals surface area contributed by atoms with Crippen LogP contribution < -0.4 is 11.1 Å². The zero-order valence-electron chi connectivity index (χ0n) is 8.00. The number of nitrogen functional groups attached to an aromatic ring is 1. The first kappa shape index (κ1) is 10.0. The highest BCUT2D eigenvalue weighted by molar-refractivity contribution is 9.10. The summed E-state index contributed by atoms with van der Waals surface area (Å²) in [6.07, 6.45) is 3.52. The maximum atomic E-state index is 5.81. The van der Waals surface area contributed by atoms with Gasteiger partial charge in [0.1, 0.15) is 5.82 Å². The first-order valence-electron chi connectivity index (χ1n) is 4.53. The van der Waals surface area contributed by atoms with Crippen LogP contribution in [-0.2, 0) is 6.54 Å². The van der Waals surface area contributed by atoms with E-state index in [0.717, 1.165) is 21.7 Å². The van der Waals surface area contributed by atoms with Crippen LogP contribution in [0.15, 0.2) is 35.1 Å². The highest BCUT2D eigenvalue weighted by atomic mass is 79.9. The molecule has 4 N–H and O–H groups in total. The molecule has 0 aliphatic rings. The lowest BCUT2D eigenvalue weighted by Gasteiger charge is -2.08. The molecule has 0 atom stereocenters. The van der Waals surface area contributed by atoms with Crippen LogP contribution in [0.1, 0.15) is 5.82 Å². The SMILES string of the molecule is Nc1ccc(Br)cc1NCc1ncc[nH]1. The molecule has 2 rings (SSSR count). The molecule has 15 heavy (non-hydrogen) atoms. The Bertz CT molecular complexity index is 439. The Morgan fingerprint density at radius 1 is 1.47 bits per heavy atom. The third-order valence-corrected chi connectivity index (χ3v) is 2.51. The van der Waals surface area contributed by atoms with Crippen molar-refractivity contribution < 1.29 is 0 Å². The van der Waals surface area contributed by atoms with E-state index in [-0.39, 0.29) is 0 Å². The summed E-state index contributed by atoms with van der Waals surface area (Å²) in [5.41, 5.74) is 7.45. The van der Waals surface area contributed by atoms with Gasteiger partial charge in [0.25, 0.3) is 0 Å². The predicted molar refractivity (Wildman–Crippen MR) is 64.5 cm³/mol. The minimum Gasteiger partial charge on any atom is -0.397 e. The van der Waals surface area contributed by atoms with E-state index in [1.807, 2.05) is 18.2 Å². The molecule has 4 nitrogen and oxygen atoms in total. The average molecular weight is 267 g/mol. The molecule has 0 spiro atoms. The zero-order chi connectivity index (χ0) is 10.7. The fourth-order valence-corrected chi connectivity index (χ4v) is 1.62. The van der Waals surface area contributed by atoms with Crippen molar-refractivity contribution in [3.63, 3.8) is 0 Å². The van der Waals surface area contributed by atoms with Gasteiger partial charge >= 0.3 is 0 Å². The summed E-state index contributed by atoms with van der Waals surface area (Å²) < 4.78 is 0.999. The lowest BCUT2D eigenvalue weighted by atomic mass is 10.2. The number of hydrogen-bond donors (Lipinski definition) is 3. The number of aromatic amines is 1. The van der Waals surface area contributed by atoms with Crippen LogP contribution >= 0.6 is 15.9 Å². The summed E-state index contributed by atoms with van der Waals surface area (Å²) in [4.78, 5) is 7.13. The van der Waals surface area contributed by atoms with Crippen molar-refractivity contribution in [2.45, 2.75) is 6.54 Å². The van der Waals surface area contributed by atoms with Gasteiger partial charge in [0.15, 0.2) is 0 Å². The third kappa shape index (κ3) is 2.50. The fraction of sp³-hybridized carbons (Fsp3) is 0.100. The summed E-state index contributed by atoms with van der Waals surface area (Å²) in [5, 5.41) is 3.21. The number of benzene rings is 1. The predicted octanol–water partition coefficient (Wildman–Crippen LogP) is 2.37. The molecule has 0 unspecified atom stereocenters. The molecule has 1 heterocycles. The van der Waals surface area contributed by atoms with Crippen molar-refractivity contribution in [2.24, 2.45) is 0 Å². The number of nitrogens with one attached hydrogen (secondary N) is 2. The maximum Gasteiger partial charge on any atom is 0.125 e. The summed E-state index contributed by atoms with van der Waals surface area (Å²) in [6, 6.07) is 5.71. The Balaban J connectivity index is 2.07. The van der Waals surface area contributed by atoms with Gasteiger partial charge in [-0.2, -0.15) is 0 Å². The van der Waals surface area contributed by atoms with Crippen molar-refractivity contribution in [1.29, 1.82) is 0 Å². The molecule has 0 saturated heterocycles. The van der Waals surface area contributed by atoms with Crippen LogP contribution in [0.25, 0.3) is 0 Å². The van der Waals surface area contributed by atoms with Crippen LogP contribution in [0.5, 0.6) is 0 Å². The van der Waals surface area contributed by atoms with E-state index in [2.05, 4.69) is 31.2 Å². The molecule has 0 amide bonds. The van der Waals surface area contributed by atoms with Gasteiger partial charge in [-0.05, 0) is 18.2 Å². The summed E-state index contributed by atoms with van der Waals surface area (Å²) >= 11 is 3.40. The molecule has 0 aliphatic heterocycles. The highest BCUT2D eigenvalue weighted by Gasteiger charge is 2.00. The molecule has 78 valence electrons. The molecule has 2 aromatic rings. The van der Waals surface area contributed by atoms with Gasteiger partial charge in [-0.25, -0.2) is 4.98 Å². The smallest absolute Gasteiger partial charge is 0.125 e. The van der Waals surface area contributed by atoms with Gasteiger partial charge in [-0.15, -0.1) is 0 Å². The van der Waals surface area contributed by atoms with Crippen LogP contribution in [0, 0.1) is 0 Å². The lowest BCUT2D eigenvalue weighted by Crippen LogP contribution is -2.03. The van der Waals surface area contributed by atoms with Crippen molar-refractivity contribution in [3.05, 3.63) is 40.9 Å². The Kier molecular flexibility index (Phi) is 2.91. The second-order valence-electron chi connectivity index (χ2n) is 3.12. The number of aromatic nitrogens is 2.